The second-order valence-corrected chi connectivity index (χ2v) is 8.67. The maximum absolute atomic E-state index is 11.4. The van der Waals surface area contributed by atoms with Gasteiger partial charge in [0.1, 0.15) is 12.2 Å². The number of aryl methyl sites for hydroxylation is 1. The highest BCUT2D eigenvalue weighted by Crippen LogP contribution is 2.30. The van der Waals surface area contributed by atoms with Crippen molar-refractivity contribution < 1.29 is 18.1 Å². The fourth-order valence-corrected chi connectivity index (χ4v) is 4.39. The SMILES string of the molecule is CN([C@H]1C[C@@H](Nc2ncnc3c2nc(-c2ccccc2)n3C)C[C@@H]1O)S(=O)(=O)O. The van der Waals surface area contributed by atoms with Gasteiger partial charge in [0.25, 0.3) is 0 Å². The first kappa shape index (κ1) is 19.7. The monoisotopic (exact) mass is 418 g/mol. The Labute approximate surface area is 168 Å². The molecule has 29 heavy (non-hydrogen) atoms. The van der Waals surface area contributed by atoms with Gasteiger partial charge in [-0.1, -0.05) is 30.3 Å². The number of benzene rings is 1. The van der Waals surface area contributed by atoms with Crippen LogP contribution in [0.1, 0.15) is 12.8 Å². The third-order valence-corrected chi connectivity index (χ3v) is 6.35. The van der Waals surface area contributed by atoms with Gasteiger partial charge in [-0.05, 0) is 12.8 Å². The molecule has 1 aliphatic rings. The summed E-state index contributed by atoms with van der Waals surface area (Å²) in [4.78, 5) is 13.3. The van der Waals surface area contributed by atoms with E-state index in [1.165, 1.54) is 13.4 Å². The zero-order valence-electron chi connectivity index (χ0n) is 16.0. The summed E-state index contributed by atoms with van der Waals surface area (Å²) < 4.78 is 34.7. The minimum Gasteiger partial charge on any atom is -0.391 e. The van der Waals surface area contributed by atoms with Crippen molar-refractivity contribution in [2.24, 2.45) is 7.05 Å². The molecule has 0 aliphatic heterocycles. The Kier molecular flexibility index (Phi) is 4.99. The number of hydrogen-bond acceptors (Lipinski definition) is 7. The predicted molar refractivity (Wildman–Crippen MR) is 107 cm³/mol. The molecule has 1 fully saturated rings. The van der Waals surface area contributed by atoms with Crippen molar-refractivity contribution in [1.82, 2.24) is 23.8 Å². The van der Waals surface area contributed by atoms with Crippen LogP contribution in [0.5, 0.6) is 0 Å². The quantitative estimate of drug-likeness (QED) is 0.524. The molecule has 1 saturated carbocycles. The van der Waals surface area contributed by atoms with E-state index < -0.39 is 22.4 Å². The summed E-state index contributed by atoms with van der Waals surface area (Å²) in [5.41, 5.74) is 2.20. The van der Waals surface area contributed by atoms with E-state index in [0.717, 1.165) is 15.7 Å². The van der Waals surface area contributed by atoms with E-state index in [1.807, 2.05) is 41.9 Å². The molecule has 0 bridgehead atoms. The third kappa shape index (κ3) is 3.69. The van der Waals surface area contributed by atoms with Crippen LogP contribution in [0.2, 0.25) is 0 Å². The first-order valence-electron chi connectivity index (χ1n) is 9.13. The number of aliphatic hydroxyl groups excluding tert-OH is 1. The lowest BCUT2D eigenvalue weighted by Crippen LogP contribution is -2.41. The summed E-state index contributed by atoms with van der Waals surface area (Å²) in [5.74, 6) is 1.26. The minimum atomic E-state index is -4.38. The molecule has 4 rings (SSSR count). The van der Waals surface area contributed by atoms with Crippen LogP contribution < -0.4 is 5.32 Å². The normalized spacial score (nSPS) is 22.4. The summed E-state index contributed by atoms with van der Waals surface area (Å²) in [5, 5.41) is 13.5. The lowest BCUT2D eigenvalue weighted by Gasteiger charge is -2.23. The van der Waals surface area contributed by atoms with Crippen LogP contribution >= 0.6 is 0 Å². The fourth-order valence-electron chi connectivity index (χ4n) is 3.82. The van der Waals surface area contributed by atoms with Gasteiger partial charge in [-0.15, -0.1) is 0 Å². The van der Waals surface area contributed by atoms with E-state index in [2.05, 4.69) is 15.3 Å². The van der Waals surface area contributed by atoms with E-state index in [0.29, 0.717) is 29.8 Å². The van der Waals surface area contributed by atoms with Gasteiger partial charge in [0, 0.05) is 25.7 Å². The molecular formula is C18H22N6O4S. The highest BCUT2D eigenvalue weighted by Gasteiger charge is 2.39. The van der Waals surface area contributed by atoms with Crippen molar-refractivity contribution in [3.05, 3.63) is 36.7 Å². The Morgan fingerprint density at radius 2 is 1.93 bits per heavy atom. The molecule has 11 heteroatoms. The average Bonchev–Trinajstić information content (AvgIpc) is 3.22. The van der Waals surface area contributed by atoms with Crippen molar-refractivity contribution in [3.63, 3.8) is 0 Å². The van der Waals surface area contributed by atoms with Gasteiger partial charge in [-0.3, -0.25) is 4.55 Å². The molecular weight excluding hydrogens is 396 g/mol. The number of fused-ring (bicyclic) bond motifs is 1. The second kappa shape index (κ2) is 7.34. The smallest absolute Gasteiger partial charge is 0.335 e. The number of aliphatic hydroxyl groups is 1. The molecule has 1 aliphatic carbocycles. The van der Waals surface area contributed by atoms with Gasteiger partial charge in [-0.2, -0.15) is 12.7 Å². The zero-order chi connectivity index (χ0) is 20.8. The predicted octanol–water partition coefficient (Wildman–Crippen LogP) is 1.07. The Morgan fingerprint density at radius 1 is 1.21 bits per heavy atom. The van der Waals surface area contributed by atoms with Gasteiger partial charge >= 0.3 is 10.3 Å². The van der Waals surface area contributed by atoms with Gasteiger partial charge < -0.3 is 15.0 Å². The van der Waals surface area contributed by atoms with Gasteiger partial charge in [-0.25, -0.2) is 15.0 Å². The molecule has 0 spiro atoms. The molecule has 0 amide bonds. The largest absolute Gasteiger partial charge is 0.391 e. The van der Waals surface area contributed by atoms with E-state index in [-0.39, 0.29) is 6.04 Å². The third-order valence-electron chi connectivity index (χ3n) is 5.36. The fraction of sp³-hybridized carbons (Fsp3) is 0.389. The van der Waals surface area contributed by atoms with Crippen LogP contribution in [0.15, 0.2) is 36.7 Å². The molecule has 3 atom stereocenters. The van der Waals surface area contributed by atoms with Crippen LogP contribution in [-0.2, 0) is 17.4 Å². The van der Waals surface area contributed by atoms with E-state index in [4.69, 9.17) is 4.98 Å². The molecule has 0 saturated heterocycles. The minimum absolute atomic E-state index is 0.237. The van der Waals surface area contributed by atoms with Crippen LogP contribution in [-0.4, -0.2) is 67.1 Å². The lowest BCUT2D eigenvalue weighted by molar-refractivity contribution is 0.118. The van der Waals surface area contributed by atoms with E-state index in [9.17, 15) is 18.1 Å². The first-order chi connectivity index (χ1) is 13.8. The van der Waals surface area contributed by atoms with Crippen LogP contribution in [0, 0.1) is 0 Å². The molecule has 2 heterocycles. The molecule has 0 radical (unpaired) electrons. The summed E-state index contributed by atoms with van der Waals surface area (Å²) in [6, 6.07) is 8.78. The van der Waals surface area contributed by atoms with E-state index >= 15 is 0 Å². The number of hydrogen-bond donors (Lipinski definition) is 3. The topological polar surface area (TPSA) is 133 Å². The summed E-state index contributed by atoms with van der Waals surface area (Å²) >= 11 is 0. The number of nitrogens with one attached hydrogen (secondary N) is 1. The van der Waals surface area contributed by atoms with Crippen LogP contribution in [0.4, 0.5) is 5.82 Å². The average molecular weight is 418 g/mol. The Balaban J connectivity index is 1.63. The molecule has 10 nitrogen and oxygen atoms in total. The number of anilines is 1. The molecule has 3 N–H and O–H groups in total. The highest BCUT2D eigenvalue weighted by molar-refractivity contribution is 7.83. The summed E-state index contributed by atoms with van der Waals surface area (Å²) in [6.07, 6.45) is 1.17. The number of rotatable bonds is 5. The Bertz CT molecular complexity index is 1130. The Hall–Kier alpha value is -2.60. The summed E-state index contributed by atoms with van der Waals surface area (Å²) in [6.45, 7) is 0. The Morgan fingerprint density at radius 3 is 2.62 bits per heavy atom. The van der Waals surface area contributed by atoms with Crippen molar-refractivity contribution in [1.29, 1.82) is 0 Å². The maximum atomic E-state index is 11.4. The zero-order valence-corrected chi connectivity index (χ0v) is 16.8. The molecule has 3 aromatic rings. The van der Waals surface area contributed by atoms with Crippen molar-refractivity contribution in [3.8, 4) is 11.4 Å². The highest BCUT2D eigenvalue weighted by atomic mass is 32.2. The van der Waals surface area contributed by atoms with Crippen LogP contribution in [0.25, 0.3) is 22.6 Å². The van der Waals surface area contributed by atoms with Crippen molar-refractivity contribution >= 4 is 27.3 Å². The van der Waals surface area contributed by atoms with E-state index in [1.54, 1.807) is 0 Å². The van der Waals surface area contributed by atoms with Crippen molar-refractivity contribution in [2.75, 3.05) is 12.4 Å². The summed E-state index contributed by atoms with van der Waals surface area (Å²) in [7, 11) is -1.25. The standard InChI is InChI=1S/C18H22N6O4S/c1-23-17(11-6-4-3-5-7-11)22-15-16(19-10-20-18(15)23)21-12-8-13(14(25)9-12)24(2)29(26,27)28/h3-7,10,12-14,25H,8-9H2,1-2H3,(H,19,20,21)(H,26,27,28)/t12-,13+,14+/m1/s1. The number of nitrogens with zero attached hydrogens (tertiary/aromatic N) is 5. The number of aromatic nitrogens is 4. The number of imidazole rings is 1. The van der Waals surface area contributed by atoms with Crippen LogP contribution in [0.3, 0.4) is 0 Å². The number of likely N-dealkylation sites (N-methyl/N-ethyl adjacent to an activating group) is 1. The molecule has 0 unspecified atom stereocenters. The lowest BCUT2D eigenvalue weighted by atomic mass is 10.2. The maximum Gasteiger partial charge on any atom is 0.335 e. The second-order valence-electron chi connectivity index (χ2n) is 7.20. The van der Waals surface area contributed by atoms with Gasteiger partial charge in [0.05, 0.1) is 12.1 Å². The van der Waals surface area contributed by atoms with Crippen molar-refractivity contribution in [2.45, 2.75) is 31.0 Å². The molecule has 1 aromatic carbocycles. The molecule has 2 aromatic heterocycles. The van der Waals surface area contributed by atoms with Gasteiger partial charge in [0.2, 0.25) is 0 Å². The van der Waals surface area contributed by atoms with Gasteiger partial charge in [0.15, 0.2) is 17.0 Å². The molecule has 154 valence electrons. The first-order valence-corrected chi connectivity index (χ1v) is 10.5.